The van der Waals surface area contributed by atoms with Crippen LogP contribution in [-0.2, 0) is 26.2 Å². The van der Waals surface area contributed by atoms with Crippen LogP contribution in [0.2, 0.25) is 0 Å². The van der Waals surface area contributed by atoms with Gasteiger partial charge in [-0.2, -0.15) is 4.31 Å². The average molecular weight is 408 g/mol. The molecule has 0 unspecified atom stereocenters. The van der Waals surface area contributed by atoms with Crippen LogP contribution in [-0.4, -0.2) is 43.7 Å². The number of carbonyl (C=O) groups is 2. The van der Waals surface area contributed by atoms with Crippen LogP contribution >= 0.6 is 11.3 Å². The van der Waals surface area contributed by atoms with Gasteiger partial charge in [0.25, 0.3) is 0 Å². The van der Waals surface area contributed by atoms with Gasteiger partial charge in [0.05, 0.1) is 11.4 Å². The number of sulfonamides is 1. The van der Waals surface area contributed by atoms with Crippen LogP contribution in [0, 0.1) is 0 Å². The summed E-state index contributed by atoms with van der Waals surface area (Å²) >= 11 is 1.49. The van der Waals surface area contributed by atoms with Gasteiger partial charge in [0.15, 0.2) is 0 Å². The molecule has 0 saturated carbocycles. The Kier molecular flexibility index (Phi) is 6.25. The van der Waals surface area contributed by atoms with E-state index in [1.807, 2.05) is 17.5 Å². The lowest BCUT2D eigenvalue weighted by atomic mass is 10.2. The molecule has 2 heterocycles. The third kappa shape index (κ3) is 4.74. The fraction of sp³-hybridized carbons (Fsp3) is 0.333. The lowest BCUT2D eigenvalue weighted by Gasteiger charge is -2.24. The molecule has 0 spiro atoms. The van der Waals surface area contributed by atoms with Crippen molar-refractivity contribution in [1.82, 2.24) is 14.9 Å². The highest BCUT2D eigenvalue weighted by Gasteiger charge is 2.35. The Morgan fingerprint density at radius 1 is 1.07 bits per heavy atom. The van der Waals surface area contributed by atoms with E-state index in [2.05, 4.69) is 10.6 Å². The summed E-state index contributed by atoms with van der Waals surface area (Å²) in [6.07, 6.45) is 1.36. The van der Waals surface area contributed by atoms with E-state index in [9.17, 15) is 18.0 Å². The highest BCUT2D eigenvalue weighted by atomic mass is 32.2. The zero-order valence-electron chi connectivity index (χ0n) is 14.6. The Labute approximate surface area is 162 Å². The minimum absolute atomic E-state index is 0.108. The smallest absolute Gasteiger partial charge is 0.309 e. The lowest BCUT2D eigenvalue weighted by molar-refractivity contribution is -0.139. The first kappa shape index (κ1) is 19.5. The summed E-state index contributed by atoms with van der Waals surface area (Å²) in [6.45, 7) is 0.807. The van der Waals surface area contributed by atoms with Gasteiger partial charge in [0.2, 0.25) is 10.0 Å². The van der Waals surface area contributed by atoms with Gasteiger partial charge < -0.3 is 10.6 Å². The van der Waals surface area contributed by atoms with Crippen LogP contribution in [0.5, 0.6) is 0 Å². The van der Waals surface area contributed by atoms with Crippen LogP contribution in [0.3, 0.4) is 0 Å². The van der Waals surface area contributed by atoms with Crippen molar-refractivity contribution in [3.8, 4) is 0 Å². The fourth-order valence-corrected chi connectivity index (χ4v) is 5.37. The standard InChI is InChI=1S/C18H21N3O4S2/c22-17(18(23)20-13-15-7-5-11-26-15)19-12-14-6-4-10-21(14)27(24,25)16-8-2-1-3-9-16/h1-3,5,7-9,11,14H,4,6,10,12-13H2,(H,19,22)(H,20,23)/t14-/m1/s1. The summed E-state index contributed by atoms with van der Waals surface area (Å²) in [7, 11) is -3.61. The number of nitrogens with one attached hydrogen (secondary N) is 2. The molecule has 1 aromatic heterocycles. The second kappa shape index (κ2) is 8.64. The Bertz CT molecular complexity index is 883. The molecule has 0 aliphatic carbocycles. The van der Waals surface area contributed by atoms with E-state index in [1.54, 1.807) is 30.3 Å². The summed E-state index contributed by atoms with van der Waals surface area (Å²) in [6, 6.07) is 11.6. The molecule has 1 aromatic carbocycles. The Hall–Kier alpha value is -2.23. The summed E-state index contributed by atoms with van der Waals surface area (Å²) < 4.78 is 27.0. The average Bonchev–Trinajstić information content (AvgIpc) is 3.36. The van der Waals surface area contributed by atoms with Gasteiger partial charge in [0.1, 0.15) is 0 Å². The van der Waals surface area contributed by atoms with E-state index in [1.165, 1.54) is 15.6 Å². The topological polar surface area (TPSA) is 95.6 Å². The number of hydrogen-bond acceptors (Lipinski definition) is 5. The van der Waals surface area contributed by atoms with Gasteiger partial charge in [-0.05, 0) is 36.4 Å². The molecule has 7 nitrogen and oxygen atoms in total. The third-order valence-corrected chi connectivity index (χ3v) is 7.22. The number of hydrogen-bond donors (Lipinski definition) is 2. The third-order valence-electron chi connectivity index (χ3n) is 4.38. The molecule has 0 bridgehead atoms. The SMILES string of the molecule is O=C(NCc1cccs1)C(=O)NC[C@H]1CCCN1S(=O)(=O)c1ccccc1. The molecule has 2 N–H and O–H groups in total. The summed E-state index contributed by atoms with van der Waals surface area (Å²) in [5, 5.41) is 7.00. The number of benzene rings is 1. The van der Waals surface area contributed by atoms with Crippen molar-refractivity contribution in [1.29, 1.82) is 0 Å². The first-order valence-electron chi connectivity index (χ1n) is 8.64. The minimum atomic E-state index is -3.61. The largest absolute Gasteiger partial charge is 0.346 e. The first-order chi connectivity index (χ1) is 13.0. The molecule has 0 radical (unpaired) electrons. The maximum absolute atomic E-state index is 12.8. The normalized spacial score (nSPS) is 17.6. The van der Waals surface area contributed by atoms with Gasteiger partial charge in [-0.25, -0.2) is 8.42 Å². The predicted octanol–water partition coefficient (Wildman–Crippen LogP) is 1.33. The number of thiophene rings is 1. The Morgan fingerprint density at radius 2 is 1.81 bits per heavy atom. The minimum Gasteiger partial charge on any atom is -0.346 e. The predicted molar refractivity (Wildman–Crippen MR) is 103 cm³/mol. The van der Waals surface area contributed by atoms with Crippen molar-refractivity contribution < 1.29 is 18.0 Å². The van der Waals surface area contributed by atoms with Crippen LogP contribution in [0.25, 0.3) is 0 Å². The van der Waals surface area contributed by atoms with Crippen molar-refractivity contribution in [2.75, 3.05) is 13.1 Å². The molecular weight excluding hydrogens is 386 g/mol. The molecule has 27 heavy (non-hydrogen) atoms. The Morgan fingerprint density at radius 3 is 2.52 bits per heavy atom. The van der Waals surface area contributed by atoms with E-state index < -0.39 is 21.8 Å². The van der Waals surface area contributed by atoms with Crippen LogP contribution in [0.15, 0.2) is 52.7 Å². The number of carbonyl (C=O) groups excluding carboxylic acids is 2. The number of rotatable bonds is 6. The second-order valence-corrected chi connectivity index (χ2v) is 9.12. The fourth-order valence-electron chi connectivity index (χ4n) is 3.01. The summed E-state index contributed by atoms with van der Waals surface area (Å²) in [4.78, 5) is 25.1. The van der Waals surface area contributed by atoms with Crippen molar-refractivity contribution in [2.45, 2.75) is 30.3 Å². The van der Waals surface area contributed by atoms with Crippen LogP contribution < -0.4 is 10.6 Å². The lowest BCUT2D eigenvalue weighted by Crippen LogP contribution is -2.46. The summed E-state index contributed by atoms with van der Waals surface area (Å²) in [5.41, 5.74) is 0. The van der Waals surface area contributed by atoms with Crippen LogP contribution in [0.4, 0.5) is 0 Å². The molecule has 2 aromatic rings. The number of nitrogens with zero attached hydrogens (tertiary/aromatic N) is 1. The van der Waals surface area contributed by atoms with Gasteiger partial charge >= 0.3 is 11.8 Å². The van der Waals surface area contributed by atoms with Crippen molar-refractivity contribution >= 4 is 33.2 Å². The quantitative estimate of drug-likeness (QED) is 0.707. The van der Waals surface area contributed by atoms with Crippen molar-refractivity contribution in [3.05, 3.63) is 52.7 Å². The second-order valence-electron chi connectivity index (χ2n) is 6.20. The zero-order chi connectivity index (χ0) is 19.3. The zero-order valence-corrected chi connectivity index (χ0v) is 16.3. The molecule has 1 aliphatic heterocycles. The van der Waals surface area contributed by atoms with Crippen molar-refractivity contribution in [3.63, 3.8) is 0 Å². The van der Waals surface area contributed by atoms with Gasteiger partial charge in [-0.1, -0.05) is 24.3 Å². The van der Waals surface area contributed by atoms with Crippen LogP contribution in [0.1, 0.15) is 17.7 Å². The van der Waals surface area contributed by atoms with Crippen molar-refractivity contribution in [2.24, 2.45) is 0 Å². The molecule has 1 atom stereocenters. The molecule has 3 rings (SSSR count). The molecule has 1 saturated heterocycles. The molecular formula is C18H21N3O4S2. The molecule has 9 heteroatoms. The molecule has 1 fully saturated rings. The van der Waals surface area contributed by atoms with E-state index in [-0.39, 0.29) is 17.5 Å². The highest BCUT2D eigenvalue weighted by molar-refractivity contribution is 7.89. The molecule has 1 aliphatic rings. The van der Waals surface area contributed by atoms with Gasteiger partial charge in [-0.15, -0.1) is 11.3 Å². The maximum Gasteiger partial charge on any atom is 0.309 e. The van der Waals surface area contributed by atoms with E-state index >= 15 is 0 Å². The first-order valence-corrected chi connectivity index (χ1v) is 11.0. The van der Waals surface area contributed by atoms with E-state index in [0.717, 1.165) is 11.3 Å². The Balaban J connectivity index is 1.55. The van der Waals surface area contributed by atoms with E-state index in [4.69, 9.17) is 0 Å². The summed E-state index contributed by atoms with van der Waals surface area (Å²) in [5.74, 6) is -1.48. The van der Waals surface area contributed by atoms with Gasteiger partial charge in [-0.3, -0.25) is 9.59 Å². The number of amides is 2. The van der Waals surface area contributed by atoms with Gasteiger partial charge in [0, 0.05) is 24.0 Å². The van der Waals surface area contributed by atoms with E-state index in [0.29, 0.717) is 19.5 Å². The molecule has 144 valence electrons. The monoisotopic (exact) mass is 407 g/mol. The molecule has 2 amide bonds. The maximum atomic E-state index is 12.8. The highest BCUT2D eigenvalue weighted by Crippen LogP contribution is 2.25.